The predicted octanol–water partition coefficient (Wildman–Crippen LogP) is 4.15. The predicted molar refractivity (Wildman–Crippen MR) is 118 cm³/mol. The zero-order valence-corrected chi connectivity index (χ0v) is 18.4. The molecule has 3 rings (SSSR count). The molecule has 0 aliphatic rings. The van der Waals surface area contributed by atoms with E-state index in [-0.39, 0.29) is 31.4 Å². The molecule has 1 amide bonds. The Morgan fingerprint density at radius 3 is 2.55 bits per heavy atom. The number of hydrogen-bond acceptors (Lipinski definition) is 5. The summed E-state index contributed by atoms with van der Waals surface area (Å²) in [6, 6.07) is 12.0. The quantitative estimate of drug-likeness (QED) is 0.527. The molecule has 2 aromatic carbocycles. The average molecular weight is 445 g/mol. The third kappa shape index (κ3) is 5.98. The van der Waals surface area contributed by atoms with E-state index >= 15 is 0 Å². The highest BCUT2D eigenvalue weighted by Crippen LogP contribution is 2.20. The molecule has 0 saturated heterocycles. The number of aromatic nitrogens is 1. The van der Waals surface area contributed by atoms with Crippen molar-refractivity contribution in [2.24, 2.45) is 0 Å². The standard InChI is InChI=1S/C23H25ClN2O5/c1-14(2)30-22(28)13-18(16-6-4-15(3)5-7-16)25-21(27)10-11-26-19-9-8-17(24)12-20(19)31-23(26)29/h4-9,12,14,18H,10-11,13H2,1-3H3,(H,25,27). The topological polar surface area (TPSA) is 90.5 Å². The molecule has 0 bridgehead atoms. The molecule has 164 valence electrons. The van der Waals surface area contributed by atoms with Crippen molar-refractivity contribution in [1.82, 2.24) is 9.88 Å². The van der Waals surface area contributed by atoms with Crippen LogP contribution in [0.25, 0.3) is 11.1 Å². The summed E-state index contributed by atoms with van der Waals surface area (Å²) >= 11 is 5.93. The molecule has 0 aliphatic heterocycles. The summed E-state index contributed by atoms with van der Waals surface area (Å²) in [4.78, 5) is 37.0. The lowest BCUT2D eigenvalue weighted by molar-refractivity contribution is -0.148. The van der Waals surface area contributed by atoms with Crippen LogP contribution in [0.3, 0.4) is 0 Å². The van der Waals surface area contributed by atoms with Crippen LogP contribution in [0, 0.1) is 6.92 Å². The highest BCUT2D eigenvalue weighted by Gasteiger charge is 2.20. The highest BCUT2D eigenvalue weighted by atomic mass is 35.5. The highest BCUT2D eigenvalue weighted by molar-refractivity contribution is 6.31. The van der Waals surface area contributed by atoms with Gasteiger partial charge < -0.3 is 14.5 Å². The molecule has 1 N–H and O–H groups in total. The maximum Gasteiger partial charge on any atom is 0.419 e. The summed E-state index contributed by atoms with van der Waals surface area (Å²) in [6.07, 6.45) is -0.185. The third-order valence-electron chi connectivity index (χ3n) is 4.75. The number of fused-ring (bicyclic) bond motifs is 1. The minimum atomic E-state index is -0.555. The SMILES string of the molecule is Cc1ccc(C(CC(=O)OC(C)C)NC(=O)CCn2c(=O)oc3cc(Cl)ccc32)cc1. The van der Waals surface area contributed by atoms with Gasteiger partial charge in [0.15, 0.2) is 5.58 Å². The monoisotopic (exact) mass is 444 g/mol. The van der Waals surface area contributed by atoms with E-state index in [0.29, 0.717) is 16.1 Å². The second-order valence-electron chi connectivity index (χ2n) is 7.66. The van der Waals surface area contributed by atoms with E-state index in [4.69, 9.17) is 20.8 Å². The number of amides is 1. The molecule has 0 aliphatic carbocycles. The summed E-state index contributed by atoms with van der Waals surface area (Å²) in [7, 11) is 0. The molecule has 3 aromatic rings. The number of esters is 1. The van der Waals surface area contributed by atoms with Gasteiger partial charge in [-0.15, -0.1) is 0 Å². The van der Waals surface area contributed by atoms with Crippen molar-refractivity contribution in [3.8, 4) is 0 Å². The van der Waals surface area contributed by atoms with Crippen molar-refractivity contribution in [1.29, 1.82) is 0 Å². The van der Waals surface area contributed by atoms with Gasteiger partial charge >= 0.3 is 11.7 Å². The van der Waals surface area contributed by atoms with Crippen molar-refractivity contribution < 1.29 is 18.7 Å². The molecule has 1 aromatic heterocycles. The molecule has 0 spiro atoms. The Bertz CT molecular complexity index is 1130. The number of hydrogen-bond donors (Lipinski definition) is 1. The van der Waals surface area contributed by atoms with Crippen molar-refractivity contribution in [3.05, 3.63) is 69.2 Å². The largest absolute Gasteiger partial charge is 0.463 e. The fourth-order valence-corrected chi connectivity index (χ4v) is 3.42. The minimum Gasteiger partial charge on any atom is -0.463 e. The molecule has 1 atom stereocenters. The maximum absolute atomic E-state index is 12.7. The lowest BCUT2D eigenvalue weighted by Gasteiger charge is -2.20. The Morgan fingerprint density at radius 2 is 1.87 bits per heavy atom. The number of carbonyl (C=O) groups is 2. The van der Waals surface area contributed by atoms with Crippen LogP contribution in [0.2, 0.25) is 5.02 Å². The summed E-state index contributed by atoms with van der Waals surface area (Å²) in [6.45, 7) is 5.65. The Labute approximate surface area is 184 Å². The van der Waals surface area contributed by atoms with Crippen molar-refractivity contribution in [2.75, 3.05) is 0 Å². The number of halogens is 1. The van der Waals surface area contributed by atoms with Gasteiger partial charge in [0, 0.05) is 24.1 Å². The number of oxazole rings is 1. The van der Waals surface area contributed by atoms with Gasteiger partial charge in [-0.2, -0.15) is 0 Å². The Kier molecular flexibility index (Phi) is 7.17. The molecule has 1 heterocycles. The van der Waals surface area contributed by atoms with Gasteiger partial charge in [0.05, 0.1) is 24.1 Å². The van der Waals surface area contributed by atoms with Gasteiger partial charge in [0.25, 0.3) is 0 Å². The molecule has 8 heteroatoms. The molecular formula is C23H25ClN2O5. The normalized spacial score (nSPS) is 12.2. The lowest BCUT2D eigenvalue weighted by atomic mass is 10.0. The average Bonchev–Trinajstić information content (AvgIpc) is 2.99. The van der Waals surface area contributed by atoms with E-state index in [9.17, 15) is 14.4 Å². The Balaban J connectivity index is 1.71. The fourth-order valence-electron chi connectivity index (χ4n) is 3.26. The van der Waals surface area contributed by atoms with Crippen molar-refractivity contribution in [3.63, 3.8) is 0 Å². The van der Waals surface area contributed by atoms with Crippen LogP contribution in [0.5, 0.6) is 0 Å². The number of carbonyl (C=O) groups excluding carboxylic acids is 2. The second-order valence-corrected chi connectivity index (χ2v) is 8.09. The molecule has 0 fully saturated rings. The number of benzene rings is 2. The first kappa shape index (κ1) is 22.6. The van der Waals surface area contributed by atoms with E-state index in [0.717, 1.165) is 11.1 Å². The van der Waals surface area contributed by atoms with Gasteiger partial charge in [-0.3, -0.25) is 14.2 Å². The van der Waals surface area contributed by atoms with E-state index in [1.54, 1.807) is 32.0 Å². The number of aryl methyl sites for hydroxylation is 2. The van der Waals surface area contributed by atoms with Gasteiger partial charge in [-0.05, 0) is 38.5 Å². The van der Waals surface area contributed by atoms with Gasteiger partial charge in [0.1, 0.15) is 0 Å². The Hall–Kier alpha value is -3.06. The van der Waals surface area contributed by atoms with E-state index in [2.05, 4.69) is 5.32 Å². The van der Waals surface area contributed by atoms with Crippen molar-refractivity contribution >= 4 is 34.6 Å². The van der Waals surface area contributed by atoms with E-state index < -0.39 is 17.8 Å². The smallest absolute Gasteiger partial charge is 0.419 e. The van der Waals surface area contributed by atoms with E-state index in [1.807, 2.05) is 31.2 Å². The molecule has 0 saturated carbocycles. The molecule has 31 heavy (non-hydrogen) atoms. The van der Waals surface area contributed by atoms with Gasteiger partial charge in [-0.1, -0.05) is 41.4 Å². The number of nitrogens with one attached hydrogen (secondary N) is 1. The first-order chi connectivity index (χ1) is 14.7. The minimum absolute atomic E-state index is 0.0140. The van der Waals surface area contributed by atoms with Crippen LogP contribution >= 0.6 is 11.6 Å². The van der Waals surface area contributed by atoms with Crippen LogP contribution in [0.1, 0.15) is 43.9 Å². The lowest BCUT2D eigenvalue weighted by Crippen LogP contribution is -2.32. The van der Waals surface area contributed by atoms with Crippen LogP contribution < -0.4 is 11.1 Å². The molecule has 1 unspecified atom stereocenters. The Morgan fingerprint density at radius 1 is 1.16 bits per heavy atom. The van der Waals surface area contributed by atoms with Crippen LogP contribution in [-0.2, 0) is 20.9 Å². The first-order valence-corrected chi connectivity index (χ1v) is 10.4. The number of ether oxygens (including phenoxy) is 1. The summed E-state index contributed by atoms with van der Waals surface area (Å²) in [5.74, 6) is -1.24. The fraction of sp³-hybridized carbons (Fsp3) is 0.348. The van der Waals surface area contributed by atoms with Crippen LogP contribution in [0.4, 0.5) is 0 Å². The summed E-state index contributed by atoms with van der Waals surface area (Å²) in [5.41, 5.74) is 2.81. The summed E-state index contributed by atoms with van der Waals surface area (Å²) in [5, 5.41) is 3.35. The van der Waals surface area contributed by atoms with Crippen molar-refractivity contribution in [2.45, 2.75) is 52.3 Å². The number of nitrogens with zero attached hydrogens (tertiary/aromatic N) is 1. The number of rotatable bonds is 8. The zero-order chi connectivity index (χ0) is 22.5. The van der Waals surface area contributed by atoms with E-state index in [1.165, 1.54) is 4.57 Å². The zero-order valence-electron chi connectivity index (χ0n) is 17.7. The molecular weight excluding hydrogens is 420 g/mol. The first-order valence-electron chi connectivity index (χ1n) is 10.1. The van der Waals surface area contributed by atoms with Crippen LogP contribution in [-0.4, -0.2) is 22.5 Å². The third-order valence-corrected chi connectivity index (χ3v) is 4.98. The van der Waals surface area contributed by atoms with Gasteiger partial charge in [-0.25, -0.2) is 4.79 Å². The van der Waals surface area contributed by atoms with Gasteiger partial charge in [0.2, 0.25) is 5.91 Å². The second kappa shape index (κ2) is 9.83. The summed E-state index contributed by atoms with van der Waals surface area (Å²) < 4.78 is 11.8. The maximum atomic E-state index is 12.7. The molecule has 0 radical (unpaired) electrons. The van der Waals surface area contributed by atoms with Crippen LogP contribution in [0.15, 0.2) is 51.7 Å². The molecule has 7 nitrogen and oxygen atoms in total.